The van der Waals surface area contributed by atoms with Gasteiger partial charge in [-0.05, 0) is 18.2 Å². The summed E-state index contributed by atoms with van der Waals surface area (Å²) >= 11 is 0. The van der Waals surface area contributed by atoms with Crippen LogP contribution in [0.2, 0.25) is 0 Å². The van der Waals surface area contributed by atoms with Gasteiger partial charge in [-0.15, -0.1) is 0 Å². The fraction of sp³-hybridized carbons (Fsp3) is 0.150. The Labute approximate surface area is 171 Å². The zero-order valence-corrected chi connectivity index (χ0v) is 16.3. The van der Waals surface area contributed by atoms with Gasteiger partial charge in [-0.3, -0.25) is 19.9 Å². The summed E-state index contributed by atoms with van der Waals surface area (Å²) in [5, 5.41) is 14.0. The van der Waals surface area contributed by atoms with Crippen LogP contribution < -0.4 is 19.9 Å². The first-order valence-electron chi connectivity index (χ1n) is 9.03. The highest BCUT2D eigenvalue weighted by molar-refractivity contribution is 6.05. The molecule has 0 unspecified atom stereocenters. The standard InChI is InChI=1S/C20H18N6O4/c1-24-18-13(12-25(20(24)27)14-6-4-3-5-7-14)11-21-19(23-18)22-16-10-15(26(28)29)8-9-17(16)30-2/h3-11H,12H2,1-2H3,(H,21,22,23). The highest BCUT2D eigenvalue weighted by Gasteiger charge is 2.30. The Hall–Kier alpha value is -4.21. The fourth-order valence-electron chi connectivity index (χ4n) is 3.21. The third-order valence-corrected chi connectivity index (χ3v) is 4.71. The van der Waals surface area contributed by atoms with E-state index in [4.69, 9.17) is 4.74 Å². The molecule has 0 atom stereocenters. The molecule has 1 aliphatic heterocycles. The number of para-hydroxylation sites is 1. The summed E-state index contributed by atoms with van der Waals surface area (Å²) in [6, 6.07) is 13.3. The number of amides is 2. The number of nitrogens with zero attached hydrogens (tertiary/aromatic N) is 5. The Kier molecular flexibility index (Phi) is 4.88. The Balaban J connectivity index is 1.65. The molecular weight excluding hydrogens is 388 g/mol. The third-order valence-electron chi connectivity index (χ3n) is 4.71. The number of nitro benzene ring substituents is 1. The summed E-state index contributed by atoms with van der Waals surface area (Å²) in [7, 11) is 3.10. The van der Waals surface area contributed by atoms with Crippen LogP contribution in [0.15, 0.2) is 54.7 Å². The lowest BCUT2D eigenvalue weighted by atomic mass is 10.2. The minimum atomic E-state index is -0.497. The van der Waals surface area contributed by atoms with E-state index >= 15 is 0 Å². The van der Waals surface area contributed by atoms with Crippen LogP contribution in [0.4, 0.5) is 33.6 Å². The van der Waals surface area contributed by atoms with E-state index in [0.717, 1.165) is 11.3 Å². The fourth-order valence-corrected chi connectivity index (χ4v) is 3.21. The Morgan fingerprint density at radius 2 is 1.97 bits per heavy atom. The molecule has 2 amide bonds. The number of fused-ring (bicyclic) bond motifs is 1. The Morgan fingerprint density at radius 1 is 1.20 bits per heavy atom. The minimum Gasteiger partial charge on any atom is -0.495 e. The van der Waals surface area contributed by atoms with Crippen LogP contribution in [0.3, 0.4) is 0 Å². The quantitative estimate of drug-likeness (QED) is 0.507. The van der Waals surface area contributed by atoms with E-state index in [9.17, 15) is 14.9 Å². The van der Waals surface area contributed by atoms with Gasteiger partial charge in [-0.2, -0.15) is 4.98 Å². The van der Waals surface area contributed by atoms with Gasteiger partial charge in [-0.25, -0.2) is 9.78 Å². The molecule has 0 bridgehead atoms. The zero-order valence-electron chi connectivity index (χ0n) is 16.3. The van der Waals surface area contributed by atoms with Crippen molar-refractivity contribution in [2.75, 3.05) is 29.3 Å². The average Bonchev–Trinajstić information content (AvgIpc) is 2.77. The molecule has 0 saturated heterocycles. The summed E-state index contributed by atoms with van der Waals surface area (Å²) in [5.74, 6) is 1.07. The van der Waals surface area contributed by atoms with Gasteiger partial charge in [-0.1, -0.05) is 18.2 Å². The Morgan fingerprint density at radius 3 is 2.67 bits per heavy atom. The van der Waals surface area contributed by atoms with E-state index in [0.29, 0.717) is 23.8 Å². The van der Waals surface area contributed by atoms with E-state index < -0.39 is 4.92 Å². The SMILES string of the molecule is COc1ccc([N+](=O)[O-])cc1Nc1ncc2c(n1)N(C)C(=O)N(c1ccccc1)C2. The van der Waals surface area contributed by atoms with Gasteiger partial charge in [0, 0.05) is 36.6 Å². The third kappa shape index (κ3) is 3.46. The molecule has 0 fully saturated rings. The summed E-state index contributed by atoms with van der Waals surface area (Å²) < 4.78 is 5.25. The molecule has 10 nitrogen and oxygen atoms in total. The molecule has 2 aromatic carbocycles. The van der Waals surface area contributed by atoms with Gasteiger partial charge >= 0.3 is 6.03 Å². The van der Waals surface area contributed by atoms with E-state index in [1.807, 2.05) is 30.3 Å². The number of benzene rings is 2. The van der Waals surface area contributed by atoms with Crippen LogP contribution in [-0.4, -0.2) is 35.1 Å². The maximum absolute atomic E-state index is 12.9. The van der Waals surface area contributed by atoms with Crippen LogP contribution in [0.5, 0.6) is 5.75 Å². The van der Waals surface area contributed by atoms with Crippen LogP contribution in [0, 0.1) is 10.1 Å². The summed E-state index contributed by atoms with van der Waals surface area (Å²) in [6.07, 6.45) is 1.63. The molecule has 0 spiro atoms. The molecule has 3 aromatic rings. The topological polar surface area (TPSA) is 114 Å². The lowest BCUT2D eigenvalue weighted by molar-refractivity contribution is -0.384. The number of nitro groups is 1. The van der Waals surface area contributed by atoms with Crippen molar-refractivity contribution in [3.63, 3.8) is 0 Å². The minimum absolute atomic E-state index is 0.0953. The molecule has 0 aliphatic carbocycles. The number of rotatable bonds is 5. The predicted octanol–water partition coefficient (Wildman–Crippen LogP) is 3.71. The zero-order chi connectivity index (χ0) is 21.3. The van der Waals surface area contributed by atoms with Gasteiger partial charge in [0.05, 0.1) is 24.3 Å². The van der Waals surface area contributed by atoms with Crippen molar-refractivity contribution < 1.29 is 14.5 Å². The van der Waals surface area contributed by atoms with Crippen molar-refractivity contribution in [1.29, 1.82) is 0 Å². The lowest BCUT2D eigenvalue weighted by Gasteiger charge is -2.34. The van der Waals surface area contributed by atoms with E-state index in [1.54, 1.807) is 18.1 Å². The van der Waals surface area contributed by atoms with Crippen molar-refractivity contribution in [2.45, 2.75) is 6.54 Å². The second-order valence-electron chi connectivity index (χ2n) is 6.57. The number of hydrogen-bond acceptors (Lipinski definition) is 7. The summed E-state index contributed by atoms with van der Waals surface area (Å²) in [4.78, 5) is 35.3. The van der Waals surface area contributed by atoms with Crippen molar-refractivity contribution in [2.24, 2.45) is 0 Å². The van der Waals surface area contributed by atoms with Crippen LogP contribution >= 0.6 is 0 Å². The molecule has 2 heterocycles. The van der Waals surface area contributed by atoms with Crippen LogP contribution in [0.1, 0.15) is 5.56 Å². The number of ether oxygens (including phenoxy) is 1. The van der Waals surface area contributed by atoms with Gasteiger partial charge in [0.2, 0.25) is 5.95 Å². The van der Waals surface area contributed by atoms with Crippen molar-refractivity contribution >= 4 is 34.9 Å². The van der Waals surface area contributed by atoms with Gasteiger partial charge in [0.1, 0.15) is 11.6 Å². The predicted molar refractivity (Wildman–Crippen MR) is 111 cm³/mol. The number of aromatic nitrogens is 2. The molecule has 4 rings (SSSR count). The number of nitrogens with one attached hydrogen (secondary N) is 1. The van der Waals surface area contributed by atoms with Crippen LogP contribution in [0.25, 0.3) is 0 Å². The monoisotopic (exact) mass is 406 g/mol. The lowest BCUT2D eigenvalue weighted by Crippen LogP contribution is -2.45. The van der Waals surface area contributed by atoms with Crippen molar-refractivity contribution in [3.05, 3.63) is 70.4 Å². The van der Waals surface area contributed by atoms with E-state index in [2.05, 4.69) is 15.3 Å². The molecule has 1 aliphatic rings. The molecule has 1 N–H and O–H groups in total. The Bertz CT molecular complexity index is 1120. The average molecular weight is 406 g/mol. The normalized spacial score (nSPS) is 13.1. The molecule has 0 saturated carbocycles. The number of methoxy groups -OCH3 is 1. The maximum Gasteiger partial charge on any atom is 0.330 e. The first-order valence-corrected chi connectivity index (χ1v) is 9.03. The van der Waals surface area contributed by atoms with E-state index in [1.165, 1.54) is 30.2 Å². The number of non-ortho nitro benzene ring substituents is 1. The highest BCUT2D eigenvalue weighted by Crippen LogP contribution is 2.33. The molecule has 1 aromatic heterocycles. The highest BCUT2D eigenvalue weighted by atomic mass is 16.6. The number of carbonyl (C=O) groups is 1. The smallest absolute Gasteiger partial charge is 0.330 e. The van der Waals surface area contributed by atoms with E-state index in [-0.39, 0.29) is 17.7 Å². The van der Waals surface area contributed by atoms with Gasteiger partial charge in [0.25, 0.3) is 5.69 Å². The number of urea groups is 1. The first-order chi connectivity index (χ1) is 14.5. The van der Waals surface area contributed by atoms with Crippen molar-refractivity contribution in [1.82, 2.24) is 9.97 Å². The van der Waals surface area contributed by atoms with Gasteiger partial charge in [0.15, 0.2) is 0 Å². The molecule has 0 radical (unpaired) electrons. The second kappa shape index (κ2) is 7.66. The summed E-state index contributed by atoms with van der Waals surface area (Å²) in [5.41, 5.74) is 1.81. The second-order valence-corrected chi connectivity index (χ2v) is 6.57. The number of anilines is 4. The molecule has 30 heavy (non-hydrogen) atoms. The maximum atomic E-state index is 12.9. The largest absolute Gasteiger partial charge is 0.495 e. The van der Waals surface area contributed by atoms with Crippen LogP contribution in [-0.2, 0) is 6.54 Å². The van der Waals surface area contributed by atoms with Gasteiger partial charge < -0.3 is 10.1 Å². The molecule has 152 valence electrons. The number of carbonyl (C=O) groups excluding carboxylic acids is 1. The molecule has 10 heteroatoms. The first kappa shape index (κ1) is 19.1. The molecular formula is C20H18N6O4. The van der Waals surface area contributed by atoms with Crippen molar-refractivity contribution in [3.8, 4) is 5.75 Å². The summed E-state index contributed by atoms with van der Waals surface area (Å²) in [6.45, 7) is 0.336. The number of hydrogen-bond donors (Lipinski definition) is 1.